The molecule has 0 aromatic heterocycles. The van der Waals surface area contributed by atoms with Crippen LogP contribution in [0.3, 0.4) is 0 Å². The largest absolute Gasteiger partial charge is 0.388 e. The van der Waals surface area contributed by atoms with Crippen molar-refractivity contribution in [1.82, 2.24) is 0 Å². The van der Waals surface area contributed by atoms with Crippen molar-refractivity contribution in [2.75, 3.05) is 0 Å². The fourth-order valence-electron chi connectivity index (χ4n) is 1.89. The van der Waals surface area contributed by atoms with Gasteiger partial charge in [-0.25, -0.2) is 0 Å². The first-order valence-corrected chi connectivity index (χ1v) is 6.37. The molecule has 0 heterocycles. The molecule has 1 aromatic carbocycles. The van der Waals surface area contributed by atoms with E-state index in [1.54, 1.807) is 0 Å². The molecule has 1 N–H and O–H groups in total. The van der Waals surface area contributed by atoms with Gasteiger partial charge in [0.1, 0.15) is 0 Å². The Morgan fingerprint density at radius 2 is 1.56 bits per heavy atom. The zero-order valence-electron chi connectivity index (χ0n) is 10.1. The van der Waals surface area contributed by atoms with Crippen molar-refractivity contribution in [3.8, 4) is 0 Å². The third-order valence-corrected chi connectivity index (χ3v) is 2.91. The SMILES string of the molecule is [CH2]CCCCCCCC(O)c1ccccc1. The standard InChI is InChI=1S/C15H23O/c1-2-3-4-5-6-10-13-15(16)14-11-8-7-9-12-14/h7-9,11-12,15-16H,1-6,10,13H2. The molecule has 0 spiro atoms. The first kappa shape index (κ1) is 13.2. The van der Waals surface area contributed by atoms with Gasteiger partial charge in [0.25, 0.3) is 0 Å². The molecule has 0 aliphatic carbocycles. The Morgan fingerprint density at radius 3 is 2.25 bits per heavy atom. The lowest BCUT2D eigenvalue weighted by Crippen LogP contribution is -1.96. The van der Waals surface area contributed by atoms with Crippen molar-refractivity contribution in [2.24, 2.45) is 0 Å². The highest BCUT2D eigenvalue weighted by molar-refractivity contribution is 5.16. The van der Waals surface area contributed by atoms with Crippen molar-refractivity contribution in [2.45, 2.75) is 51.0 Å². The molecule has 1 nitrogen and oxygen atoms in total. The molecule has 1 heteroatoms. The molecule has 1 unspecified atom stereocenters. The van der Waals surface area contributed by atoms with E-state index in [0.29, 0.717) is 0 Å². The summed E-state index contributed by atoms with van der Waals surface area (Å²) in [6.45, 7) is 3.83. The van der Waals surface area contributed by atoms with Gasteiger partial charge in [0.05, 0.1) is 6.10 Å². The second kappa shape index (κ2) is 8.35. The second-order valence-corrected chi connectivity index (χ2v) is 4.34. The summed E-state index contributed by atoms with van der Waals surface area (Å²) in [6.07, 6.45) is 7.79. The Morgan fingerprint density at radius 1 is 0.938 bits per heavy atom. The van der Waals surface area contributed by atoms with Crippen molar-refractivity contribution in [1.29, 1.82) is 0 Å². The molecule has 1 radical (unpaired) electrons. The summed E-state index contributed by atoms with van der Waals surface area (Å²) >= 11 is 0. The molecule has 0 saturated heterocycles. The molecule has 16 heavy (non-hydrogen) atoms. The lowest BCUT2D eigenvalue weighted by atomic mass is 10.0. The number of aliphatic hydroxyl groups excluding tert-OH is 1. The van der Waals surface area contributed by atoms with Crippen LogP contribution in [0.2, 0.25) is 0 Å². The minimum absolute atomic E-state index is 0.283. The third-order valence-electron chi connectivity index (χ3n) is 2.91. The normalized spacial score (nSPS) is 12.6. The van der Waals surface area contributed by atoms with E-state index >= 15 is 0 Å². The minimum atomic E-state index is -0.283. The number of hydrogen-bond acceptors (Lipinski definition) is 1. The highest BCUT2D eigenvalue weighted by Gasteiger charge is 2.05. The van der Waals surface area contributed by atoms with Crippen LogP contribution in [-0.4, -0.2) is 5.11 Å². The van der Waals surface area contributed by atoms with E-state index in [1.807, 2.05) is 30.3 Å². The maximum absolute atomic E-state index is 9.91. The van der Waals surface area contributed by atoms with Gasteiger partial charge in [0, 0.05) is 0 Å². The summed E-state index contributed by atoms with van der Waals surface area (Å²) in [4.78, 5) is 0. The Kier molecular flexibility index (Phi) is 6.91. The highest BCUT2D eigenvalue weighted by Crippen LogP contribution is 2.19. The maximum atomic E-state index is 9.91. The number of hydrogen-bond donors (Lipinski definition) is 1. The summed E-state index contributed by atoms with van der Waals surface area (Å²) in [5.41, 5.74) is 1.04. The van der Waals surface area contributed by atoms with Gasteiger partial charge < -0.3 is 5.11 Å². The van der Waals surface area contributed by atoms with E-state index in [0.717, 1.165) is 24.8 Å². The van der Waals surface area contributed by atoms with E-state index < -0.39 is 0 Å². The monoisotopic (exact) mass is 219 g/mol. The molecular formula is C15H23O. The lowest BCUT2D eigenvalue weighted by molar-refractivity contribution is 0.163. The van der Waals surface area contributed by atoms with E-state index in [1.165, 1.54) is 25.7 Å². The minimum Gasteiger partial charge on any atom is -0.388 e. The van der Waals surface area contributed by atoms with Crippen molar-refractivity contribution in [3.05, 3.63) is 42.8 Å². The molecule has 1 atom stereocenters. The van der Waals surface area contributed by atoms with Gasteiger partial charge >= 0.3 is 0 Å². The molecule has 0 fully saturated rings. The van der Waals surface area contributed by atoms with Gasteiger partial charge in [-0.05, 0) is 12.0 Å². The van der Waals surface area contributed by atoms with Crippen molar-refractivity contribution < 1.29 is 5.11 Å². The van der Waals surface area contributed by atoms with Crippen LogP contribution in [0.5, 0.6) is 0 Å². The fraction of sp³-hybridized carbons (Fsp3) is 0.533. The Labute approximate surface area is 99.5 Å². The van der Waals surface area contributed by atoms with Gasteiger partial charge in [-0.15, -0.1) is 0 Å². The number of benzene rings is 1. The molecule has 0 bridgehead atoms. The topological polar surface area (TPSA) is 20.2 Å². The van der Waals surface area contributed by atoms with Crippen molar-refractivity contribution >= 4 is 0 Å². The quantitative estimate of drug-likeness (QED) is 0.647. The maximum Gasteiger partial charge on any atom is 0.0790 e. The second-order valence-electron chi connectivity index (χ2n) is 4.34. The Balaban J connectivity index is 2.09. The third kappa shape index (κ3) is 5.32. The smallest absolute Gasteiger partial charge is 0.0790 e. The van der Waals surface area contributed by atoms with Gasteiger partial charge in [-0.2, -0.15) is 0 Å². The van der Waals surface area contributed by atoms with Gasteiger partial charge in [-0.3, -0.25) is 0 Å². The van der Waals surface area contributed by atoms with Crippen LogP contribution in [0.1, 0.15) is 56.6 Å². The zero-order chi connectivity index (χ0) is 11.6. The van der Waals surface area contributed by atoms with E-state index in [9.17, 15) is 5.11 Å². The average molecular weight is 219 g/mol. The van der Waals surface area contributed by atoms with Crippen LogP contribution >= 0.6 is 0 Å². The summed E-state index contributed by atoms with van der Waals surface area (Å²) in [5.74, 6) is 0. The van der Waals surface area contributed by atoms with E-state index in [2.05, 4.69) is 6.92 Å². The number of rotatable bonds is 8. The zero-order valence-corrected chi connectivity index (χ0v) is 10.1. The average Bonchev–Trinajstić information content (AvgIpc) is 2.34. The van der Waals surface area contributed by atoms with Crippen LogP contribution in [0, 0.1) is 6.92 Å². The van der Waals surface area contributed by atoms with Crippen LogP contribution < -0.4 is 0 Å². The number of aliphatic hydroxyl groups is 1. The molecule has 0 amide bonds. The van der Waals surface area contributed by atoms with E-state index in [-0.39, 0.29) is 6.10 Å². The Bertz CT molecular complexity index is 255. The molecule has 89 valence electrons. The predicted molar refractivity (Wildman–Crippen MR) is 69.1 cm³/mol. The first-order valence-electron chi connectivity index (χ1n) is 6.37. The molecule has 0 saturated carbocycles. The molecular weight excluding hydrogens is 196 g/mol. The summed E-state index contributed by atoms with van der Waals surface area (Å²) in [5, 5.41) is 9.91. The summed E-state index contributed by atoms with van der Waals surface area (Å²) in [6, 6.07) is 9.93. The van der Waals surface area contributed by atoms with Crippen LogP contribution in [0.4, 0.5) is 0 Å². The van der Waals surface area contributed by atoms with Crippen LogP contribution in [-0.2, 0) is 0 Å². The summed E-state index contributed by atoms with van der Waals surface area (Å²) in [7, 11) is 0. The van der Waals surface area contributed by atoms with Crippen LogP contribution in [0.25, 0.3) is 0 Å². The number of unbranched alkanes of at least 4 members (excludes halogenated alkanes) is 5. The highest BCUT2D eigenvalue weighted by atomic mass is 16.3. The molecule has 0 aliphatic heterocycles. The fourth-order valence-corrected chi connectivity index (χ4v) is 1.89. The predicted octanol–water partition coefficient (Wildman–Crippen LogP) is 4.28. The Hall–Kier alpha value is -0.820. The first-order chi connectivity index (χ1) is 7.84. The van der Waals surface area contributed by atoms with Gasteiger partial charge in [0.2, 0.25) is 0 Å². The summed E-state index contributed by atoms with van der Waals surface area (Å²) < 4.78 is 0. The van der Waals surface area contributed by atoms with Gasteiger partial charge in [0.15, 0.2) is 0 Å². The van der Waals surface area contributed by atoms with E-state index in [4.69, 9.17) is 0 Å². The van der Waals surface area contributed by atoms with Crippen LogP contribution in [0.15, 0.2) is 30.3 Å². The molecule has 0 aliphatic rings. The lowest BCUT2D eigenvalue weighted by Gasteiger charge is -2.10. The molecule has 1 rings (SSSR count). The van der Waals surface area contributed by atoms with Gasteiger partial charge in [-0.1, -0.05) is 75.8 Å². The molecule has 1 aromatic rings. The van der Waals surface area contributed by atoms with Crippen molar-refractivity contribution in [3.63, 3.8) is 0 Å².